The zero-order chi connectivity index (χ0) is 16.1. The average Bonchev–Trinajstić information content (AvgIpc) is 2.53. The first-order valence-electron chi connectivity index (χ1n) is 7.20. The highest BCUT2D eigenvalue weighted by molar-refractivity contribution is 5.92. The van der Waals surface area contributed by atoms with Gasteiger partial charge in [-0.15, -0.1) is 0 Å². The van der Waals surface area contributed by atoms with Gasteiger partial charge in [-0.1, -0.05) is 19.9 Å². The second-order valence-electron chi connectivity index (χ2n) is 5.57. The Labute approximate surface area is 130 Å². The first kappa shape index (κ1) is 15.9. The number of anilines is 1. The zero-order valence-corrected chi connectivity index (χ0v) is 13.4. The van der Waals surface area contributed by atoms with Crippen molar-refractivity contribution in [1.29, 1.82) is 0 Å². The van der Waals surface area contributed by atoms with Crippen LogP contribution in [0.15, 0.2) is 30.6 Å². The summed E-state index contributed by atoms with van der Waals surface area (Å²) >= 11 is 0. The summed E-state index contributed by atoms with van der Waals surface area (Å²) in [5, 5.41) is 2.86. The minimum atomic E-state index is -0.212. The Bertz CT molecular complexity index is 614. The molecule has 0 atom stereocenters. The first-order valence-corrected chi connectivity index (χ1v) is 7.20. The summed E-state index contributed by atoms with van der Waals surface area (Å²) in [6, 6.07) is 5.50. The van der Waals surface area contributed by atoms with E-state index in [2.05, 4.69) is 20.3 Å². The van der Waals surface area contributed by atoms with Gasteiger partial charge in [0.25, 0.3) is 5.91 Å². The lowest BCUT2D eigenvalue weighted by molar-refractivity contribution is 0.0945. The number of rotatable bonds is 5. The Morgan fingerprint density at radius 1 is 1.32 bits per heavy atom. The zero-order valence-electron chi connectivity index (χ0n) is 13.4. The fourth-order valence-electron chi connectivity index (χ4n) is 1.84. The van der Waals surface area contributed by atoms with Crippen molar-refractivity contribution in [2.45, 2.75) is 26.3 Å². The van der Waals surface area contributed by atoms with E-state index in [0.29, 0.717) is 18.2 Å². The minimum absolute atomic E-state index is 0.212. The van der Waals surface area contributed by atoms with E-state index >= 15 is 0 Å². The number of amides is 1. The van der Waals surface area contributed by atoms with Crippen molar-refractivity contribution < 1.29 is 4.79 Å². The van der Waals surface area contributed by atoms with Crippen molar-refractivity contribution in [3.05, 3.63) is 47.5 Å². The van der Waals surface area contributed by atoms with Gasteiger partial charge in [-0.3, -0.25) is 9.78 Å². The van der Waals surface area contributed by atoms with Gasteiger partial charge in [0.1, 0.15) is 5.69 Å². The SMILES string of the molecule is CC(C)c1cc(C(=O)NCc2cccnc2)nc(N(C)C)n1. The molecule has 6 nitrogen and oxygen atoms in total. The molecule has 0 radical (unpaired) electrons. The molecular weight excluding hydrogens is 278 g/mol. The van der Waals surface area contributed by atoms with Crippen LogP contribution in [0.2, 0.25) is 0 Å². The maximum absolute atomic E-state index is 12.3. The molecule has 0 fully saturated rings. The quantitative estimate of drug-likeness (QED) is 0.914. The Balaban J connectivity index is 2.17. The second kappa shape index (κ2) is 6.98. The van der Waals surface area contributed by atoms with Crippen LogP contribution in [0, 0.1) is 0 Å². The van der Waals surface area contributed by atoms with E-state index in [-0.39, 0.29) is 11.8 Å². The Kier molecular flexibility index (Phi) is 5.04. The Morgan fingerprint density at radius 3 is 2.68 bits per heavy atom. The number of aromatic nitrogens is 3. The minimum Gasteiger partial charge on any atom is -0.347 e. The molecule has 2 aromatic heterocycles. The van der Waals surface area contributed by atoms with Crippen LogP contribution in [-0.4, -0.2) is 35.0 Å². The molecular formula is C16H21N5O. The van der Waals surface area contributed by atoms with Crippen molar-refractivity contribution in [2.24, 2.45) is 0 Å². The number of hydrogen-bond acceptors (Lipinski definition) is 5. The van der Waals surface area contributed by atoms with Crippen molar-refractivity contribution in [3.63, 3.8) is 0 Å². The van der Waals surface area contributed by atoms with E-state index in [1.807, 2.05) is 40.1 Å². The summed E-state index contributed by atoms with van der Waals surface area (Å²) in [7, 11) is 3.72. The third kappa shape index (κ3) is 4.00. The van der Waals surface area contributed by atoms with Crippen molar-refractivity contribution in [2.75, 3.05) is 19.0 Å². The smallest absolute Gasteiger partial charge is 0.270 e. The first-order chi connectivity index (χ1) is 10.5. The number of carbonyl (C=O) groups is 1. The fourth-order valence-corrected chi connectivity index (χ4v) is 1.84. The molecule has 116 valence electrons. The van der Waals surface area contributed by atoms with Gasteiger partial charge in [-0.25, -0.2) is 9.97 Å². The summed E-state index contributed by atoms with van der Waals surface area (Å²) in [4.78, 5) is 26.9. The molecule has 6 heteroatoms. The highest BCUT2D eigenvalue weighted by Crippen LogP contribution is 2.16. The summed E-state index contributed by atoms with van der Waals surface area (Å²) in [5.41, 5.74) is 2.18. The number of nitrogens with zero attached hydrogens (tertiary/aromatic N) is 4. The molecule has 1 N–H and O–H groups in total. The van der Waals surface area contributed by atoms with Crippen LogP contribution in [0.3, 0.4) is 0 Å². The van der Waals surface area contributed by atoms with E-state index in [1.165, 1.54) is 0 Å². The highest BCUT2D eigenvalue weighted by atomic mass is 16.1. The lowest BCUT2D eigenvalue weighted by Crippen LogP contribution is -2.25. The second-order valence-corrected chi connectivity index (χ2v) is 5.57. The van der Waals surface area contributed by atoms with Crippen molar-refractivity contribution in [1.82, 2.24) is 20.3 Å². The van der Waals surface area contributed by atoms with Gasteiger partial charge < -0.3 is 10.2 Å². The van der Waals surface area contributed by atoms with Gasteiger partial charge in [-0.05, 0) is 23.6 Å². The summed E-state index contributed by atoms with van der Waals surface area (Å²) in [6.07, 6.45) is 3.43. The van der Waals surface area contributed by atoms with E-state index < -0.39 is 0 Å². The van der Waals surface area contributed by atoms with Crippen molar-refractivity contribution in [3.8, 4) is 0 Å². The molecule has 0 saturated heterocycles. The molecule has 22 heavy (non-hydrogen) atoms. The monoisotopic (exact) mass is 299 g/mol. The molecule has 0 aromatic carbocycles. The third-order valence-corrected chi connectivity index (χ3v) is 3.13. The van der Waals surface area contributed by atoms with Gasteiger partial charge in [0, 0.05) is 38.7 Å². The van der Waals surface area contributed by atoms with Crippen LogP contribution >= 0.6 is 0 Å². The normalized spacial score (nSPS) is 10.6. The topological polar surface area (TPSA) is 71.0 Å². The molecule has 0 aliphatic carbocycles. The predicted molar refractivity (Wildman–Crippen MR) is 85.9 cm³/mol. The molecule has 0 aliphatic rings. The van der Waals surface area contributed by atoms with Gasteiger partial charge >= 0.3 is 0 Å². The fraction of sp³-hybridized carbons (Fsp3) is 0.375. The molecule has 2 rings (SSSR count). The van der Waals surface area contributed by atoms with E-state index in [4.69, 9.17) is 0 Å². The van der Waals surface area contributed by atoms with E-state index in [0.717, 1.165) is 11.3 Å². The Morgan fingerprint density at radius 2 is 2.09 bits per heavy atom. The van der Waals surface area contributed by atoms with Gasteiger partial charge in [0.05, 0.1) is 0 Å². The van der Waals surface area contributed by atoms with Gasteiger partial charge in [0.2, 0.25) is 5.95 Å². The molecule has 2 aromatic rings. The average molecular weight is 299 g/mol. The van der Waals surface area contributed by atoms with Crippen LogP contribution < -0.4 is 10.2 Å². The van der Waals surface area contributed by atoms with Gasteiger partial charge in [0.15, 0.2) is 0 Å². The predicted octanol–water partition coefficient (Wildman–Crippen LogP) is 1.99. The van der Waals surface area contributed by atoms with Gasteiger partial charge in [-0.2, -0.15) is 0 Å². The molecule has 2 heterocycles. The maximum Gasteiger partial charge on any atom is 0.270 e. The van der Waals surface area contributed by atoms with Crippen LogP contribution in [0.1, 0.15) is 41.5 Å². The van der Waals surface area contributed by atoms with Crippen LogP contribution in [0.5, 0.6) is 0 Å². The summed E-state index contributed by atoms with van der Waals surface area (Å²) in [6.45, 7) is 4.50. The van der Waals surface area contributed by atoms with Crippen LogP contribution in [-0.2, 0) is 6.54 Å². The van der Waals surface area contributed by atoms with E-state index in [9.17, 15) is 4.79 Å². The molecule has 0 unspecified atom stereocenters. The molecule has 0 saturated carbocycles. The molecule has 0 spiro atoms. The largest absolute Gasteiger partial charge is 0.347 e. The number of carbonyl (C=O) groups excluding carboxylic acids is 1. The Hall–Kier alpha value is -2.50. The number of nitrogens with one attached hydrogen (secondary N) is 1. The lowest BCUT2D eigenvalue weighted by atomic mass is 10.1. The molecule has 0 aliphatic heterocycles. The molecule has 0 bridgehead atoms. The maximum atomic E-state index is 12.3. The number of pyridine rings is 1. The third-order valence-electron chi connectivity index (χ3n) is 3.13. The van der Waals surface area contributed by atoms with Crippen LogP contribution in [0.4, 0.5) is 5.95 Å². The standard InChI is InChI=1S/C16H21N5O/c1-11(2)13-8-14(20-16(19-13)21(3)4)15(22)18-10-12-6-5-7-17-9-12/h5-9,11H,10H2,1-4H3,(H,18,22). The summed E-state index contributed by atoms with van der Waals surface area (Å²) < 4.78 is 0. The molecule has 1 amide bonds. The van der Waals surface area contributed by atoms with Crippen molar-refractivity contribution >= 4 is 11.9 Å². The van der Waals surface area contributed by atoms with Crippen LogP contribution in [0.25, 0.3) is 0 Å². The number of hydrogen-bond donors (Lipinski definition) is 1. The lowest BCUT2D eigenvalue weighted by Gasteiger charge is -2.15. The summed E-state index contributed by atoms with van der Waals surface area (Å²) in [5.74, 6) is 0.556. The van der Waals surface area contributed by atoms with E-state index in [1.54, 1.807) is 23.4 Å². The highest BCUT2D eigenvalue weighted by Gasteiger charge is 2.14.